The topological polar surface area (TPSA) is 53.0 Å². The van der Waals surface area contributed by atoms with Crippen molar-refractivity contribution in [3.8, 4) is 27.9 Å². The average molecular weight is 724 g/mol. The third-order valence-electron chi connectivity index (χ3n) is 10.9. The van der Waals surface area contributed by atoms with Gasteiger partial charge in [-0.05, 0) is 75.8 Å². The van der Waals surface area contributed by atoms with Crippen LogP contribution in [0.3, 0.4) is 0 Å². The minimum Gasteiger partial charge on any atom is -0.355 e. The number of benzene rings is 8. The van der Waals surface area contributed by atoms with E-state index in [1.807, 2.05) is 0 Å². The predicted molar refractivity (Wildman–Crippen MR) is 232 cm³/mol. The van der Waals surface area contributed by atoms with Gasteiger partial charge < -0.3 is 9.88 Å². The van der Waals surface area contributed by atoms with E-state index in [1.165, 1.54) is 38.5 Å². The molecule has 0 saturated carbocycles. The van der Waals surface area contributed by atoms with Gasteiger partial charge in [-0.15, -0.1) is 0 Å². The van der Waals surface area contributed by atoms with Crippen molar-refractivity contribution in [1.82, 2.24) is 20.5 Å². The Kier molecular flexibility index (Phi) is 8.94. The Morgan fingerprint density at radius 3 is 1.52 bits per heavy atom. The molecule has 1 saturated heterocycles. The average Bonchev–Trinajstić information content (AvgIpc) is 3.60. The fourth-order valence-electron chi connectivity index (χ4n) is 8.15. The molecular formula is C51H41N5. The highest BCUT2D eigenvalue weighted by Crippen LogP contribution is 2.41. The van der Waals surface area contributed by atoms with Gasteiger partial charge >= 0.3 is 0 Å². The lowest BCUT2D eigenvalue weighted by molar-refractivity contribution is 0.203. The molecule has 1 aromatic heterocycles. The molecule has 270 valence electrons. The second-order valence-corrected chi connectivity index (χ2v) is 14.4. The summed E-state index contributed by atoms with van der Waals surface area (Å²) in [6, 6.07) is 73.6. The fraction of sp³-hybridized carbons (Fsp3) is 0.0588. The van der Waals surface area contributed by atoms with Gasteiger partial charge in [-0.2, -0.15) is 0 Å². The van der Waals surface area contributed by atoms with Crippen LogP contribution >= 0.6 is 0 Å². The van der Waals surface area contributed by atoms with Gasteiger partial charge in [0.2, 0.25) is 0 Å². The Hall–Kier alpha value is -6.76. The fourth-order valence-corrected chi connectivity index (χ4v) is 8.15. The van der Waals surface area contributed by atoms with Gasteiger partial charge in [-0.1, -0.05) is 164 Å². The molecule has 0 radical (unpaired) electrons. The number of fused-ring (bicyclic) bond motifs is 3. The lowest BCUT2D eigenvalue weighted by Crippen LogP contribution is -2.54. The summed E-state index contributed by atoms with van der Waals surface area (Å²) in [7, 11) is 0. The standard InChI is InChI=1S/C51H41N5/c1-6-17-35(18-7-1)39-29-30-43-45-33-44(36-19-8-2-9-20-36)46(34-48(45)56(47(43)32-39)42-27-14-5-15-28-42)52-41-26-16-25-40(31-41)51-54-49(37-21-10-3-11-22-37)53-50(55-51)38-23-12-4-13-24-38/h1-34,49-55H. The number of para-hydroxylation sites is 1. The molecule has 1 aliphatic rings. The zero-order valence-corrected chi connectivity index (χ0v) is 30.8. The molecule has 0 bridgehead atoms. The van der Waals surface area contributed by atoms with Gasteiger partial charge in [0.1, 0.15) is 0 Å². The first-order valence-corrected chi connectivity index (χ1v) is 19.3. The second-order valence-electron chi connectivity index (χ2n) is 14.4. The molecule has 5 heteroatoms. The van der Waals surface area contributed by atoms with Gasteiger partial charge in [0, 0.05) is 33.4 Å². The molecule has 9 aromatic rings. The maximum atomic E-state index is 3.90. The molecule has 2 unspecified atom stereocenters. The first-order valence-electron chi connectivity index (χ1n) is 19.3. The van der Waals surface area contributed by atoms with Crippen molar-refractivity contribution in [2.24, 2.45) is 0 Å². The van der Waals surface area contributed by atoms with E-state index in [0.29, 0.717) is 0 Å². The molecule has 0 aliphatic carbocycles. The molecular weight excluding hydrogens is 683 g/mol. The van der Waals surface area contributed by atoms with E-state index < -0.39 is 0 Å². The quantitative estimate of drug-likeness (QED) is 0.126. The Bertz CT molecular complexity index is 2700. The number of nitrogens with zero attached hydrogens (tertiary/aromatic N) is 1. The number of rotatable bonds is 8. The summed E-state index contributed by atoms with van der Waals surface area (Å²) in [6.07, 6.45) is -0.193. The van der Waals surface area contributed by atoms with Crippen molar-refractivity contribution in [3.63, 3.8) is 0 Å². The van der Waals surface area contributed by atoms with Crippen LogP contribution in [0.5, 0.6) is 0 Å². The highest BCUT2D eigenvalue weighted by atomic mass is 15.4. The Balaban J connectivity index is 1.09. The van der Waals surface area contributed by atoms with Crippen LogP contribution in [-0.2, 0) is 0 Å². The van der Waals surface area contributed by atoms with E-state index in [2.05, 4.69) is 232 Å². The molecule has 8 aromatic carbocycles. The molecule has 1 aliphatic heterocycles. The van der Waals surface area contributed by atoms with Crippen LogP contribution in [0.4, 0.5) is 11.4 Å². The van der Waals surface area contributed by atoms with Gasteiger partial charge in [0.15, 0.2) is 0 Å². The molecule has 56 heavy (non-hydrogen) atoms. The van der Waals surface area contributed by atoms with Crippen molar-refractivity contribution in [3.05, 3.63) is 223 Å². The monoisotopic (exact) mass is 723 g/mol. The number of nitrogens with one attached hydrogen (secondary N) is 4. The third-order valence-corrected chi connectivity index (χ3v) is 10.9. The number of anilines is 2. The van der Waals surface area contributed by atoms with Crippen LogP contribution in [0.15, 0.2) is 206 Å². The lowest BCUT2D eigenvalue weighted by atomic mass is 9.99. The van der Waals surface area contributed by atoms with Crippen molar-refractivity contribution in [1.29, 1.82) is 0 Å². The minimum atomic E-state index is -0.107. The minimum absolute atomic E-state index is 0.0429. The number of hydrogen-bond acceptors (Lipinski definition) is 4. The predicted octanol–water partition coefficient (Wildman–Crippen LogP) is 12.0. The van der Waals surface area contributed by atoms with Crippen LogP contribution in [-0.4, -0.2) is 4.57 Å². The van der Waals surface area contributed by atoms with Crippen LogP contribution in [0.1, 0.15) is 35.2 Å². The van der Waals surface area contributed by atoms with E-state index in [4.69, 9.17) is 0 Å². The smallest absolute Gasteiger partial charge is 0.0865 e. The summed E-state index contributed by atoms with van der Waals surface area (Å²) in [5.41, 5.74) is 13.7. The SMILES string of the molecule is c1ccc(-c2ccc3c4cc(-c5ccccc5)c(Nc5cccc(C6NC(c7ccccc7)NC(c7ccccc7)N6)c5)cc4n(-c4ccccc4)c3c2)cc1. The summed E-state index contributed by atoms with van der Waals surface area (Å²) < 4.78 is 2.41. The largest absolute Gasteiger partial charge is 0.355 e. The summed E-state index contributed by atoms with van der Waals surface area (Å²) >= 11 is 0. The normalized spacial score (nSPS) is 16.9. The van der Waals surface area contributed by atoms with Crippen LogP contribution in [0.25, 0.3) is 49.7 Å². The Morgan fingerprint density at radius 2 is 0.893 bits per heavy atom. The van der Waals surface area contributed by atoms with Crippen molar-refractivity contribution >= 4 is 33.2 Å². The van der Waals surface area contributed by atoms with Crippen molar-refractivity contribution in [2.75, 3.05) is 5.32 Å². The van der Waals surface area contributed by atoms with Crippen LogP contribution in [0, 0.1) is 0 Å². The maximum absolute atomic E-state index is 3.90. The second kappa shape index (κ2) is 14.8. The highest BCUT2D eigenvalue weighted by molar-refractivity contribution is 6.13. The van der Waals surface area contributed by atoms with Crippen molar-refractivity contribution in [2.45, 2.75) is 18.5 Å². The third kappa shape index (κ3) is 6.54. The summed E-state index contributed by atoms with van der Waals surface area (Å²) in [4.78, 5) is 0. The molecule has 2 atom stereocenters. The zero-order chi connectivity index (χ0) is 37.3. The van der Waals surface area contributed by atoms with Gasteiger partial charge in [-0.25, -0.2) is 0 Å². The van der Waals surface area contributed by atoms with E-state index in [1.54, 1.807) is 0 Å². The molecule has 5 nitrogen and oxygen atoms in total. The van der Waals surface area contributed by atoms with E-state index in [-0.39, 0.29) is 18.5 Å². The van der Waals surface area contributed by atoms with E-state index in [9.17, 15) is 0 Å². The van der Waals surface area contributed by atoms with Crippen LogP contribution < -0.4 is 21.3 Å². The molecule has 10 rings (SSSR count). The van der Waals surface area contributed by atoms with Gasteiger partial charge in [0.05, 0.1) is 29.5 Å². The van der Waals surface area contributed by atoms with E-state index in [0.717, 1.165) is 39.3 Å². The Labute approximate surface area is 327 Å². The summed E-state index contributed by atoms with van der Waals surface area (Å²) in [5, 5.41) is 17.8. The lowest BCUT2D eigenvalue weighted by Gasteiger charge is -2.39. The number of aromatic nitrogens is 1. The first-order chi connectivity index (χ1) is 27.7. The summed E-state index contributed by atoms with van der Waals surface area (Å²) in [5.74, 6) is 0. The molecule has 2 heterocycles. The zero-order valence-electron chi connectivity index (χ0n) is 30.8. The summed E-state index contributed by atoms with van der Waals surface area (Å²) in [6.45, 7) is 0. The van der Waals surface area contributed by atoms with Crippen LogP contribution in [0.2, 0.25) is 0 Å². The van der Waals surface area contributed by atoms with E-state index >= 15 is 0 Å². The van der Waals surface area contributed by atoms with Crippen molar-refractivity contribution < 1.29 is 0 Å². The molecule has 4 N–H and O–H groups in total. The molecule has 0 amide bonds. The first kappa shape index (κ1) is 33.8. The molecule has 1 fully saturated rings. The molecule has 0 spiro atoms. The van der Waals surface area contributed by atoms with Gasteiger partial charge in [-0.3, -0.25) is 16.0 Å². The number of hydrogen-bond donors (Lipinski definition) is 4. The van der Waals surface area contributed by atoms with Gasteiger partial charge in [0.25, 0.3) is 0 Å². The Morgan fingerprint density at radius 1 is 0.375 bits per heavy atom. The maximum Gasteiger partial charge on any atom is 0.0865 e. The highest BCUT2D eigenvalue weighted by Gasteiger charge is 2.29.